The van der Waals surface area contributed by atoms with Gasteiger partial charge in [-0.05, 0) is 18.9 Å². The fourth-order valence-corrected chi connectivity index (χ4v) is 1.57. The van der Waals surface area contributed by atoms with E-state index in [0.29, 0.717) is 6.42 Å². The Labute approximate surface area is 106 Å². The van der Waals surface area contributed by atoms with Crippen LogP contribution in [-0.2, 0) is 14.4 Å². The first kappa shape index (κ1) is 14.0. The Morgan fingerprint density at radius 1 is 1.22 bits per heavy atom. The highest BCUT2D eigenvalue weighted by Gasteiger charge is 2.19. The first-order valence-electron chi connectivity index (χ1n) is 5.87. The predicted octanol–water partition coefficient (Wildman–Crippen LogP) is 2.38. The predicted molar refractivity (Wildman–Crippen MR) is 65.7 cm³/mol. The first-order chi connectivity index (χ1) is 8.69. The molecule has 0 aromatic heterocycles. The van der Waals surface area contributed by atoms with Gasteiger partial charge < -0.3 is 9.57 Å². The molecule has 0 fully saturated rings. The van der Waals surface area contributed by atoms with E-state index in [0.717, 1.165) is 5.56 Å². The molecule has 1 unspecified atom stereocenters. The van der Waals surface area contributed by atoms with E-state index in [1.165, 1.54) is 0 Å². The number of hydrogen-bond acceptors (Lipinski definition) is 4. The molecule has 5 nitrogen and oxygen atoms in total. The van der Waals surface area contributed by atoms with Crippen LogP contribution in [0.1, 0.15) is 31.7 Å². The highest BCUT2D eigenvalue weighted by atomic mass is 16.8. The fourth-order valence-electron chi connectivity index (χ4n) is 1.57. The van der Waals surface area contributed by atoms with Crippen molar-refractivity contribution in [1.29, 1.82) is 0 Å². The van der Waals surface area contributed by atoms with Gasteiger partial charge in [0.15, 0.2) is 0 Å². The van der Waals surface area contributed by atoms with E-state index in [1.54, 1.807) is 6.92 Å². The van der Waals surface area contributed by atoms with Crippen LogP contribution in [0.15, 0.2) is 30.3 Å². The molecule has 1 aromatic carbocycles. The minimum absolute atomic E-state index is 0.199. The summed E-state index contributed by atoms with van der Waals surface area (Å²) in [5.41, 5.74) is 2.98. The maximum Gasteiger partial charge on any atom is 0.533 e. The third kappa shape index (κ3) is 4.08. The monoisotopic (exact) mass is 251 g/mol. The maximum atomic E-state index is 11.8. The molecule has 1 aromatic rings. The maximum absolute atomic E-state index is 11.8. The smallest absolute Gasteiger partial charge is 0.433 e. The average molecular weight is 251 g/mol. The molecule has 0 saturated carbocycles. The molecule has 0 bridgehead atoms. The molecule has 5 heteroatoms. The van der Waals surface area contributed by atoms with Crippen LogP contribution in [0.4, 0.5) is 4.79 Å². The third-order valence-electron chi connectivity index (χ3n) is 2.42. The summed E-state index contributed by atoms with van der Waals surface area (Å²) in [5, 5.41) is 0. The zero-order chi connectivity index (χ0) is 13.4. The Morgan fingerprint density at radius 2 is 1.89 bits per heavy atom. The Balaban J connectivity index is 2.56. The van der Waals surface area contributed by atoms with Gasteiger partial charge in [0.25, 0.3) is 5.91 Å². The number of hydroxylamine groups is 1. The van der Waals surface area contributed by atoms with Crippen LogP contribution in [0.3, 0.4) is 0 Å². The van der Waals surface area contributed by atoms with E-state index in [2.05, 4.69) is 15.1 Å². The number of ether oxygens (including phenoxy) is 1. The Hall–Kier alpha value is -2.04. The average Bonchev–Trinajstić information content (AvgIpc) is 2.39. The molecule has 1 N–H and O–H groups in total. The van der Waals surface area contributed by atoms with E-state index in [4.69, 9.17) is 0 Å². The van der Waals surface area contributed by atoms with Crippen LogP contribution in [0.5, 0.6) is 0 Å². The summed E-state index contributed by atoms with van der Waals surface area (Å²) in [6.45, 7) is 3.74. The standard InChI is InChI=1S/C13H17NO4/c1-3-11(10-8-6-5-7-9-10)12(15)14-18-13(16)17-4-2/h5-9,11H,3-4H2,1-2H3,(H,14,15). The molecule has 0 radical (unpaired) electrons. The summed E-state index contributed by atoms with van der Waals surface area (Å²) < 4.78 is 4.54. The summed E-state index contributed by atoms with van der Waals surface area (Å²) in [5.74, 6) is -0.711. The largest absolute Gasteiger partial charge is 0.533 e. The van der Waals surface area contributed by atoms with Gasteiger partial charge in [-0.15, -0.1) is 0 Å². The normalized spacial score (nSPS) is 11.4. The molecule has 18 heavy (non-hydrogen) atoms. The molecule has 1 amide bonds. The molecule has 98 valence electrons. The van der Waals surface area contributed by atoms with E-state index < -0.39 is 6.16 Å². The lowest BCUT2D eigenvalue weighted by molar-refractivity contribution is -0.132. The number of benzene rings is 1. The van der Waals surface area contributed by atoms with Gasteiger partial charge in [0.2, 0.25) is 0 Å². The summed E-state index contributed by atoms with van der Waals surface area (Å²) in [6.07, 6.45) is -0.295. The zero-order valence-corrected chi connectivity index (χ0v) is 10.5. The van der Waals surface area contributed by atoms with Crippen molar-refractivity contribution >= 4 is 12.1 Å². The van der Waals surface area contributed by atoms with Crippen molar-refractivity contribution in [2.75, 3.05) is 6.61 Å². The van der Waals surface area contributed by atoms with Gasteiger partial charge in [-0.1, -0.05) is 37.3 Å². The van der Waals surface area contributed by atoms with Crippen LogP contribution < -0.4 is 5.48 Å². The minimum Gasteiger partial charge on any atom is -0.433 e. The number of hydrogen-bond donors (Lipinski definition) is 1. The van der Waals surface area contributed by atoms with Crippen molar-refractivity contribution in [3.63, 3.8) is 0 Å². The zero-order valence-electron chi connectivity index (χ0n) is 10.5. The summed E-state index contributed by atoms with van der Waals surface area (Å²) >= 11 is 0. The lowest BCUT2D eigenvalue weighted by Gasteiger charge is -2.14. The minimum atomic E-state index is -0.909. The van der Waals surface area contributed by atoms with Gasteiger partial charge >= 0.3 is 6.16 Å². The van der Waals surface area contributed by atoms with E-state index in [9.17, 15) is 9.59 Å². The molecular weight excluding hydrogens is 234 g/mol. The Kier molecular flexibility index (Phi) is 5.70. The van der Waals surface area contributed by atoms with Gasteiger partial charge in [-0.3, -0.25) is 4.79 Å². The number of amides is 1. The molecule has 0 aliphatic heterocycles. The Bertz CT molecular complexity index is 391. The van der Waals surface area contributed by atoms with Gasteiger partial charge in [0, 0.05) is 0 Å². The van der Waals surface area contributed by atoms with Gasteiger partial charge in [-0.25, -0.2) is 4.79 Å². The second-order valence-corrected chi connectivity index (χ2v) is 3.62. The lowest BCUT2D eigenvalue weighted by Crippen LogP contribution is -2.31. The van der Waals surface area contributed by atoms with Crippen molar-refractivity contribution in [3.05, 3.63) is 35.9 Å². The van der Waals surface area contributed by atoms with Crippen molar-refractivity contribution in [3.8, 4) is 0 Å². The summed E-state index contributed by atoms with van der Waals surface area (Å²) in [6, 6.07) is 9.31. The van der Waals surface area contributed by atoms with Crippen LogP contribution in [-0.4, -0.2) is 18.7 Å². The molecule has 0 spiro atoms. The first-order valence-corrected chi connectivity index (χ1v) is 5.87. The van der Waals surface area contributed by atoms with Crippen molar-refractivity contribution in [2.24, 2.45) is 0 Å². The van der Waals surface area contributed by atoms with E-state index >= 15 is 0 Å². The van der Waals surface area contributed by atoms with Crippen LogP contribution in [0, 0.1) is 0 Å². The van der Waals surface area contributed by atoms with Gasteiger partial charge in [-0.2, -0.15) is 5.48 Å². The summed E-state index contributed by atoms with van der Waals surface area (Å²) in [4.78, 5) is 27.3. The second kappa shape index (κ2) is 7.32. The van der Waals surface area contributed by atoms with Gasteiger partial charge in [0.05, 0.1) is 12.5 Å². The third-order valence-corrected chi connectivity index (χ3v) is 2.42. The van der Waals surface area contributed by atoms with Crippen LogP contribution >= 0.6 is 0 Å². The van der Waals surface area contributed by atoms with Crippen LogP contribution in [0.2, 0.25) is 0 Å². The number of nitrogens with one attached hydrogen (secondary N) is 1. The number of carbonyl (C=O) groups excluding carboxylic acids is 2. The molecule has 0 aliphatic carbocycles. The summed E-state index contributed by atoms with van der Waals surface area (Å²) in [7, 11) is 0. The van der Waals surface area contributed by atoms with Gasteiger partial charge in [0.1, 0.15) is 0 Å². The van der Waals surface area contributed by atoms with Crippen LogP contribution in [0.25, 0.3) is 0 Å². The quantitative estimate of drug-likeness (QED) is 0.659. The molecule has 1 atom stereocenters. The highest BCUT2D eigenvalue weighted by Crippen LogP contribution is 2.19. The van der Waals surface area contributed by atoms with E-state index in [1.807, 2.05) is 37.3 Å². The fraction of sp³-hybridized carbons (Fsp3) is 0.385. The molecule has 0 saturated heterocycles. The molecular formula is C13H17NO4. The molecule has 1 rings (SSSR count). The second-order valence-electron chi connectivity index (χ2n) is 3.62. The topological polar surface area (TPSA) is 64.6 Å². The lowest BCUT2D eigenvalue weighted by atomic mass is 9.96. The highest BCUT2D eigenvalue weighted by molar-refractivity contribution is 5.83. The van der Waals surface area contributed by atoms with E-state index in [-0.39, 0.29) is 18.4 Å². The number of rotatable bonds is 4. The number of carbonyl (C=O) groups is 2. The van der Waals surface area contributed by atoms with Crippen molar-refractivity contribution in [1.82, 2.24) is 5.48 Å². The molecule has 0 heterocycles. The molecule has 0 aliphatic rings. The van der Waals surface area contributed by atoms with Crippen molar-refractivity contribution in [2.45, 2.75) is 26.2 Å². The van der Waals surface area contributed by atoms with Crippen molar-refractivity contribution < 1.29 is 19.2 Å². The SMILES string of the molecule is CCOC(=O)ONC(=O)C(CC)c1ccccc1. The Morgan fingerprint density at radius 3 is 2.44 bits per heavy atom.